The van der Waals surface area contributed by atoms with Crippen molar-refractivity contribution in [3.05, 3.63) is 29.3 Å². The highest BCUT2D eigenvalue weighted by Gasteiger charge is 2.17. The van der Waals surface area contributed by atoms with Gasteiger partial charge in [-0.05, 0) is 17.7 Å². The molecule has 2 atom stereocenters. The molecule has 8 N–H and O–H groups in total. The van der Waals surface area contributed by atoms with Gasteiger partial charge >= 0.3 is 0 Å². The monoisotopic (exact) mass is 280 g/mol. The lowest BCUT2D eigenvalue weighted by Gasteiger charge is -2.18. The normalized spacial score (nSPS) is 13.6. The van der Waals surface area contributed by atoms with Crippen LogP contribution >= 0.6 is 0 Å². The maximum absolute atomic E-state index is 11.0. The fourth-order valence-electron chi connectivity index (χ4n) is 1.93. The van der Waals surface area contributed by atoms with Crippen LogP contribution in [-0.2, 0) is 9.59 Å². The lowest BCUT2D eigenvalue weighted by molar-refractivity contribution is -0.119. The molecule has 7 heteroatoms. The van der Waals surface area contributed by atoms with Gasteiger partial charge in [-0.15, -0.1) is 0 Å². The molecule has 0 heterocycles. The zero-order chi connectivity index (χ0) is 15.3. The molecule has 0 aliphatic heterocycles. The van der Waals surface area contributed by atoms with Gasteiger partial charge in [-0.3, -0.25) is 9.59 Å². The van der Waals surface area contributed by atoms with Crippen LogP contribution in [0.4, 0.5) is 0 Å². The Morgan fingerprint density at radius 3 is 2.15 bits per heavy atom. The molecule has 7 nitrogen and oxygen atoms in total. The van der Waals surface area contributed by atoms with Gasteiger partial charge in [0.2, 0.25) is 11.8 Å². The van der Waals surface area contributed by atoms with E-state index in [4.69, 9.17) is 27.7 Å². The second-order valence-corrected chi connectivity index (χ2v) is 4.56. The van der Waals surface area contributed by atoms with E-state index in [0.29, 0.717) is 16.9 Å². The van der Waals surface area contributed by atoms with Crippen LogP contribution in [-0.4, -0.2) is 18.9 Å². The van der Waals surface area contributed by atoms with Crippen molar-refractivity contribution in [3.8, 4) is 5.75 Å². The number of hydrogen-bond donors (Lipinski definition) is 4. The number of methoxy groups -OCH3 is 1. The number of ether oxygens (including phenoxy) is 1. The largest absolute Gasteiger partial charge is 0.496 e. The predicted octanol–water partition coefficient (Wildman–Crippen LogP) is -0.554. The zero-order valence-corrected chi connectivity index (χ0v) is 11.3. The fourth-order valence-corrected chi connectivity index (χ4v) is 1.93. The first-order chi connectivity index (χ1) is 9.35. The second kappa shape index (κ2) is 6.88. The van der Waals surface area contributed by atoms with E-state index in [0.717, 1.165) is 0 Å². The third-order valence-corrected chi connectivity index (χ3v) is 2.92. The van der Waals surface area contributed by atoms with Gasteiger partial charge in [0.25, 0.3) is 0 Å². The summed E-state index contributed by atoms with van der Waals surface area (Å²) in [6.07, 6.45) is 0.0156. The van der Waals surface area contributed by atoms with Crippen LogP contribution in [0.3, 0.4) is 0 Å². The van der Waals surface area contributed by atoms with Gasteiger partial charge in [0.1, 0.15) is 5.75 Å². The highest BCUT2D eigenvalue weighted by molar-refractivity contribution is 5.75. The van der Waals surface area contributed by atoms with Crippen LogP contribution < -0.4 is 27.7 Å². The molecule has 20 heavy (non-hydrogen) atoms. The van der Waals surface area contributed by atoms with Crippen LogP contribution in [0.25, 0.3) is 0 Å². The molecule has 0 fully saturated rings. The summed E-state index contributed by atoms with van der Waals surface area (Å²) in [5.41, 5.74) is 23.4. The zero-order valence-electron chi connectivity index (χ0n) is 11.3. The molecule has 0 bridgehead atoms. The van der Waals surface area contributed by atoms with Crippen molar-refractivity contribution in [2.45, 2.75) is 24.9 Å². The molecule has 0 aliphatic rings. The molecule has 0 aromatic heterocycles. The van der Waals surface area contributed by atoms with Gasteiger partial charge < -0.3 is 27.7 Å². The van der Waals surface area contributed by atoms with E-state index in [1.165, 1.54) is 7.11 Å². The average molecular weight is 280 g/mol. The average Bonchev–Trinajstić information content (AvgIpc) is 2.36. The fraction of sp³-hybridized carbons (Fsp3) is 0.385. The standard InChI is InChI=1S/C13H20N4O3/c1-20-11-3-2-7(9(14)5-12(16)18)4-8(11)10(15)6-13(17)19/h2-4,9-10H,5-6,14-15H2,1H3,(H2,16,18)(H2,17,19). The van der Waals surface area contributed by atoms with Crippen molar-refractivity contribution in [2.24, 2.45) is 22.9 Å². The Balaban J connectivity index is 3.07. The van der Waals surface area contributed by atoms with Crippen molar-refractivity contribution in [3.63, 3.8) is 0 Å². The summed E-state index contributed by atoms with van der Waals surface area (Å²) in [5.74, 6) is -0.462. The molecule has 1 rings (SSSR count). The van der Waals surface area contributed by atoms with E-state index in [-0.39, 0.29) is 12.8 Å². The van der Waals surface area contributed by atoms with E-state index in [1.807, 2.05) is 0 Å². The number of nitrogens with two attached hydrogens (primary N) is 4. The smallest absolute Gasteiger partial charge is 0.219 e. The highest BCUT2D eigenvalue weighted by Crippen LogP contribution is 2.29. The second-order valence-electron chi connectivity index (χ2n) is 4.56. The molecular weight excluding hydrogens is 260 g/mol. The first-order valence-corrected chi connectivity index (χ1v) is 6.10. The molecule has 1 aromatic rings. The molecule has 0 spiro atoms. The number of amides is 2. The van der Waals surface area contributed by atoms with Crippen molar-refractivity contribution >= 4 is 11.8 Å². The van der Waals surface area contributed by atoms with E-state index in [1.54, 1.807) is 18.2 Å². The molecule has 110 valence electrons. The third-order valence-electron chi connectivity index (χ3n) is 2.92. The van der Waals surface area contributed by atoms with E-state index >= 15 is 0 Å². The Hall–Kier alpha value is -2.12. The Kier molecular flexibility index (Phi) is 5.48. The Bertz CT molecular complexity index is 504. The van der Waals surface area contributed by atoms with Crippen LogP contribution in [0.15, 0.2) is 18.2 Å². The maximum Gasteiger partial charge on any atom is 0.219 e. The number of carbonyl (C=O) groups is 2. The molecular formula is C13H20N4O3. The minimum atomic E-state index is -0.594. The van der Waals surface area contributed by atoms with Crippen molar-refractivity contribution in [1.29, 1.82) is 0 Å². The summed E-state index contributed by atoms with van der Waals surface area (Å²) in [7, 11) is 1.50. The molecule has 2 unspecified atom stereocenters. The van der Waals surface area contributed by atoms with Gasteiger partial charge in [-0.2, -0.15) is 0 Å². The summed E-state index contributed by atoms with van der Waals surface area (Å²) in [6, 6.07) is 4.00. The first kappa shape index (κ1) is 15.9. The van der Waals surface area contributed by atoms with Crippen molar-refractivity contribution < 1.29 is 14.3 Å². The number of hydrogen-bond acceptors (Lipinski definition) is 5. The minimum absolute atomic E-state index is 0.00906. The van der Waals surface area contributed by atoms with Gasteiger partial charge in [0.15, 0.2) is 0 Å². The highest BCUT2D eigenvalue weighted by atomic mass is 16.5. The molecule has 1 aromatic carbocycles. The molecule has 2 amide bonds. The molecule has 0 aliphatic carbocycles. The van der Waals surface area contributed by atoms with Gasteiger partial charge in [-0.25, -0.2) is 0 Å². The van der Waals surface area contributed by atoms with Crippen LogP contribution in [0, 0.1) is 0 Å². The van der Waals surface area contributed by atoms with Gasteiger partial charge in [-0.1, -0.05) is 6.07 Å². The number of rotatable bonds is 7. The van der Waals surface area contributed by atoms with Crippen LogP contribution in [0.1, 0.15) is 36.1 Å². The summed E-state index contributed by atoms with van der Waals surface area (Å²) >= 11 is 0. The van der Waals surface area contributed by atoms with E-state index in [9.17, 15) is 9.59 Å². The van der Waals surface area contributed by atoms with Crippen molar-refractivity contribution in [2.75, 3.05) is 7.11 Å². The Morgan fingerprint density at radius 1 is 1.10 bits per heavy atom. The number of benzene rings is 1. The summed E-state index contributed by atoms with van der Waals surface area (Å²) in [6.45, 7) is 0. The quantitative estimate of drug-likeness (QED) is 0.528. The summed E-state index contributed by atoms with van der Waals surface area (Å²) in [4.78, 5) is 21.9. The minimum Gasteiger partial charge on any atom is -0.496 e. The maximum atomic E-state index is 11.0. The summed E-state index contributed by atoms with van der Waals surface area (Å²) in [5, 5.41) is 0. The van der Waals surface area contributed by atoms with E-state index < -0.39 is 23.9 Å². The molecule has 0 saturated carbocycles. The SMILES string of the molecule is COc1ccc(C(N)CC(N)=O)cc1C(N)CC(N)=O. The molecule has 0 radical (unpaired) electrons. The Labute approximate surface area is 117 Å². The van der Waals surface area contributed by atoms with Crippen LogP contribution in [0.2, 0.25) is 0 Å². The predicted molar refractivity (Wildman–Crippen MR) is 74.5 cm³/mol. The van der Waals surface area contributed by atoms with Crippen molar-refractivity contribution in [1.82, 2.24) is 0 Å². The third kappa shape index (κ3) is 4.22. The number of carbonyl (C=O) groups excluding carboxylic acids is 2. The molecule has 0 saturated heterocycles. The van der Waals surface area contributed by atoms with Crippen LogP contribution in [0.5, 0.6) is 5.75 Å². The van der Waals surface area contributed by atoms with E-state index in [2.05, 4.69) is 0 Å². The van der Waals surface area contributed by atoms with Gasteiger partial charge in [0, 0.05) is 30.5 Å². The topological polar surface area (TPSA) is 147 Å². The van der Waals surface area contributed by atoms with Gasteiger partial charge in [0.05, 0.1) is 7.11 Å². The first-order valence-electron chi connectivity index (χ1n) is 6.10. The lowest BCUT2D eigenvalue weighted by atomic mass is 9.96. The Morgan fingerprint density at radius 2 is 1.65 bits per heavy atom. The lowest BCUT2D eigenvalue weighted by Crippen LogP contribution is -2.23. The number of primary amides is 2. The summed E-state index contributed by atoms with van der Waals surface area (Å²) < 4.78 is 5.20.